The molecule has 22 heavy (non-hydrogen) atoms. The van der Waals surface area contributed by atoms with E-state index >= 15 is 0 Å². The van der Waals surface area contributed by atoms with Gasteiger partial charge in [-0.15, -0.1) is 0 Å². The smallest absolute Gasteiger partial charge is 0.309 e. The van der Waals surface area contributed by atoms with Crippen LogP contribution in [0.1, 0.15) is 6.42 Å². The van der Waals surface area contributed by atoms with Crippen molar-refractivity contribution in [3.8, 4) is 11.4 Å². The Morgan fingerprint density at radius 2 is 1.91 bits per heavy atom. The highest BCUT2D eigenvalue weighted by Crippen LogP contribution is 2.09. The Bertz CT molecular complexity index is 697. The molecule has 0 bridgehead atoms. The van der Waals surface area contributed by atoms with Crippen LogP contribution in [0.15, 0.2) is 36.9 Å². The average molecular weight is 328 g/mol. The Morgan fingerprint density at radius 3 is 2.36 bits per heavy atom. The van der Waals surface area contributed by atoms with Gasteiger partial charge in [0.1, 0.15) is 12.6 Å². The van der Waals surface area contributed by atoms with Crippen LogP contribution >= 0.6 is 0 Å². The lowest BCUT2D eigenvalue weighted by Gasteiger charge is -1.96. The summed E-state index contributed by atoms with van der Waals surface area (Å²) >= 11 is 0. The predicted octanol–water partition coefficient (Wildman–Crippen LogP) is -0.695. The molecule has 2 aromatic heterocycles. The van der Waals surface area contributed by atoms with E-state index in [0.717, 1.165) is 5.56 Å². The summed E-state index contributed by atoms with van der Waals surface area (Å²) in [5, 5.41) is 12.6. The molecule has 0 amide bonds. The third-order valence-corrected chi connectivity index (χ3v) is 2.15. The van der Waals surface area contributed by atoms with Gasteiger partial charge in [0, 0.05) is 24.0 Å². The van der Waals surface area contributed by atoms with Crippen molar-refractivity contribution < 1.29 is 32.1 Å². The molecule has 10 nitrogen and oxygen atoms in total. The van der Waals surface area contributed by atoms with Gasteiger partial charge in [0.05, 0.1) is 0 Å². The number of rotatable bonds is 4. The molecule has 2 N–H and O–H groups in total. The fraction of sp³-hybridized carbons (Fsp3) is 0.182. The van der Waals surface area contributed by atoms with Crippen LogP contribution in [0.4, 0.5) is 0 Å². The topological polar surface area (TPSA) is 157 Å². The highest BCUT2D eigenvalue weighted by atomic mass is 32.3. The number of aromatic nitrogens is 4. The monoisotopic (exact) mass is 328 g/mol. The summed E-state index contributed by atoms with van der Waals surface area (Å²) in [6.45, 7) is 0.352. The minimum Gasteiger partial charge on any atom is -0.726 e. The molecule has 118 valence electrons. The summed E-state index contributed by atoms with van der Waals surface area (Å²) in [4.78, 5) is 18.6. The summed E-state index contributed by atoms with van der Waals surface area (Å²) in [5.74, 6) is -0.236. The van der Waals surface area contributed by atoms with Crippen molar-refractivity contribution in [2.24, 2.45) is 0 Å². The lowest BCUT2D eigenvalue weighted by molar-refractivity contribution is -0.752. The van der Waals surface area contributed by atoms with Crippen molar-refractivity contribution in [1.82, 2.24) is 15.1 Å². The highest BCUT2D eigenvalue weighted by molar-refractivity contribution is 7.79. The van der Waals surface area contributed by atoms with Gasteiger partial charge in [-0.3, -0.25) is 9.35 Å². The van der Waals surface area contributed by atoms with E-state index in [1.807, 2.05) is 6.07 Å². The lowest BCUT2D eigenvalue weighted by atomic mass is 10.3. The maximum Gasteiger partial charge on any atom is 0.309 e. The maximum absolute atomic E-state index is 10.4. The van der Waals surface area contributed by atoms with Crippen molar-refractivity contribution in [1.29, 1.82) is 0 Å². The Kier molecular flexibility index (Phi) is 6.44. The number of carboxylic acids is 1. The molecule has 0 saturated carbocycles. The Balaban J connectivity index is 0.000000422. The standard InChI is InChI=1S/C11H10N4O2.H2O4S/c16-10(17)3-7-15-6-2-9(8-14-15)11-12-4-1-5-13-11;1-5(2,3)4/h1-2,4-6,8H,3,7H2;(H2,1,2,3,4). The zero-order valence-corrected chi connectivity index (χ0v) is 11.9. The van der Waals surface area contributed by atoms with Gasteiger partial charge in [0.2, 0.25) is 10.4 Å². The molecular weight excluding hydrogens is 316 g/mol. The van der Waals surface area contributed by atoms with Crippen LogP contribution in [0.5, 0.6) is 0 Å². The van der Waals surface area contributed by atoms with E-state index in [2.05, 4.69) is 15.1 Å². The van der Waals surface area contributed by atoms with E-state index < -0.39 is 16.4 Å². The van der Waals surface area contributed by atoms with Gasteiger partial charge in [-0.05, 0) is 11.2 Å². The van der Waals surface area contributed by atoms with Crippen LogP contribution < -0.4 is 4.68 Å². The maximum atomic E-state index is 10.4. The van der Waals surface area contributed by atoms with Crippen molar-refractivity contribution in [3.05, 3.63) is 36.9 Å². The van der Waals surface area contributed by atoms with Gasteiger partial charge in [-0.2, -0.15) is 0 Å². The zero-order valence-electron chi connectivity index (χ0n) is 11.1. The normalized spacial score (nSPS) is 10.5. The van der Waals surface area contributed by atoms with Crippen molar-refractivity contribution in [3.63, 3.8) is 0 Å². The molecule has 0 aromatic carbocycles. The molecule has 2 rings (SSSR count). The largest absolute Gasteiger partial charge is 0.726 e. The number of hydrogen-bond donors (Lipinski definition) is 2. The molecule has 0 aliphatic heterocycles. The number of nitrogens with zero attached hydrogens (tertiary/aromatic N) is 4. The van der Waals surface area contributed by atoms with Crippen LogP contribution in [0.2, 0.25) is 0 Å². The van der Waals surface area contributed by atoms with Crippen LogP contribution in [0, 0.1) is 0 Å². The first kappa shape index (κ1) is 17.6. The number of aliphatic carboxylic acids is 1. The first-order valence-corrected chi connectivity index (χ1v) is 7.15. The third kappa shape index (κ3) is 7.94. The highest BCUT2D eigenvalue weighted by Gasteiger charge is 2.08. The molecule has 0 aliphatic carbocycles. The van der Waals surface area contributed by atoms with Gasteiger partial charge in [-0.1, -0.05) is 4.68 Å². The molecule has 2 aromatic rings. The first-order valence-electron chi connectivity index (χ1n) is 5.79. The third-order valence-electron chi connectivity index (χ3n) is 2.15. The fourth-order valence-corrected chi connectivity index (χ4v) is 1.31. The number of carboxylic acid groups (broad SMARTS) is 1. The Hall–Kier alpha value is -2.50. The van der Waals surface area contributed by atoms with Crippen molar-refractivity contribution in [2.45, 2.75) is 13.0 Å². The van der Waals surface area contributed by atoms with Gasteiger partial charge in [0.25, 0.3) is 0 Å². The molecule has 11 heteroatoms. The van der Waals surface area contributed by atoms with Gasteiger partial charge < -0.3 is 9.66 Å². The Labute approximate surface area is 125 Å². The quantitative estimate of drug-likeness (QED) is 0.420. The SMILES string of the molecule is O=C(O)CC[n+]1ccc(-c2ncccn2)cn1.O=S(=O)([O-])O. The summed E-state index contributed by atoms with van der Waals surface area (Å²) in [7, 11) is -4.92. The number of hydrogen-bond acceptors (Lipinski definition) is 7. The predicted molar refractivity (Wildman–Crippen MR) is 70.0 cm³/mol. The lowest BCUT2D eigenvalue weighted by Crippen LogP contribution is -2.38. The molecule has 0 fully saturated rings. The number of carbonyl (C=O) groups is 1. The molecule has 0 aliphatic rings. The van der Waals surface area contributed by atoms with Crippen LogP contribution in [-0.4, -0.2) is 43.7 Å². The van der Waals surface area contributed by atoms with Gasteiger partial charge in [-0.25, -0.2) is 18.4 Å². The van der Waals surface area contributed by atoms with Crippen LogP contribution in [0.25, 0.3) is 11.4 Å². The van der Waals surface area contributed by atoms with Crippen LogP contribution in [-0.2, 0) is 21.7 Å². The number of aryl methyl sites for hydroxylation is 1. The summed E-state index contributed by atoms with van der Waals surface area (Å²) in [6.07, 6.45) is 6.71. The molecule has 0 saturated heterocycles. The van der Waals surface area contributed by atoms with Gasteiger partial charge >= 0.3 is 5.97 Å². The molecule has 0 spiro atoms. The second-order valence-corrected chi connectivity index (χ2v) is 4.68. The van der Waals surface area contributed by atoms with E-state index in [0.29, 0.717) is 12.4 Å². The van der Waals surface area contributed by atoms with E-state index in [4.69, 9.17) is 22.6 Å². The van der Waals surface area contributed by atoms with Gasteiger partial charge in [0.15, 0.2) is 18.6 Å². The summed E-state index contributed by atoms with van der Waals surface area (Å²) < 4.78 is 34.4. The molecule has 0 radical (unpaired) electrons. The van der Waals surface area contributed by atoms with Crippen molar-refractivity contribution in [2.75, 3.05) is 0 Å². The molecule has 2 heterocycles. The summed E-state index contributed by atoms with van der Waals surface area (Å²) in [5.41, 5.74) is 0.803. The van der Waals surface area contributed by atoms with E-state index in [1.165, 1.54) is 0 Å². The minimum atomic E-state index is -4.92. The Morgan fingerprint density at radius 1 is 1.32 bits per heavy atom. The summed E-state index contributed by atoms with van der Waals surface area (Å²) in [6, 6.07) is 3.55. The average Bonchev–Trinajstić information content (AvgIpc) is 2.45. The zero-order chi connectivity index (χ0) is 16.6. The van der Waals surface area contributed by atoms with E-state index in [1.54, 1.807) is 35.5 Å². The molecule has 0 unspecified atom stereocenters. The fourth-order valence-electron chi connectivity index (χ4n) is 1.31. The second-order valence-electron chi connectivity index (χ2n) is 3.82. The van der Waals surface area contributed by atoms with E-state index in [9.17, 15) is 4.79 Å². The van der Waals surface area contributed by atoms with Crippen LogP contribution in [0.3, 0.4) is 0 Å². The van der Waals surface area contributed by atoms with Crippen molar-refractivity contribution >= 4 is 16.4 Å². The first-order chi connectivity index (χ1) is 10.3. The minimum absolute atomic E-state index is 0.0544. The van der Waals surface area contributed by atoms with E-state index in [-0.39, 0.29) is 6.42 Å². The molecule has 0 atom stereocenters. The second kappa shape index (κ2) is 8.07. The molecular formula is C11H12N4O6S.